The van der Waals surface area contributed by atoms with E-state index in [1.54, 1.807) is 0 Å². The highest BCUT2D eigenvalue weighted by Crippen LogP contribution is 2.34. The fraction of sp³-hybridized carbons (Fsp3) is 0.182. The lowest BCUT2D eigenvalue weighted by Crippen LogP contribution is -2.08. The summed E-state index contributed by atoms with van der Waals surface area (Å²) in [5.41, 5.74) is 8.90. The number of aromatic nitrogens is 2. The molecule has 4 nitrogen and oxygen atoms in total. The van der Waals surface area contributed by atoms with E-state index in [9.17, 15) is 0 Å². The van der Waals surface area contributed by atoms with Crippen LogP contribution in [0.3, 0.4) is 0 Å². The Hall–Kier alpha value is -2.92. The number of nitrogens with zero attached hydrogens (tertiary/aromatic N) is 4. The highest BCUT2D eigenvalue weighted by molar-refractivity contribution is 7.00. The van der Waals surface area contributed by atoms with Crippen molar-refractivity contribution in [2.24, 2.45) is 0 Å². The Bertz CT molecular complexity index is 1060. The van der Waals surface area contributed by atoms with E-state index < -0.39 is 0 Å². The molecule has 136 valence electrons. The molecule has 5 heteroatoms. The van der Waals surface area contributed by atoms with Gasteiger partial charge in [0.15, 0.2) is 0 Å². The number of anilines is 2. The van der Waals surface area contributed by atoms with Crippen LogP contribution in [0.4, 0.5) is 11.4 Å². The number of hydrogen-bond acceptors (Lipinski definition) is 5. The van der Waals surface area contributed by atoms with E-state index in [0.717, 1.165) is 27.7 Å². The maximum atomic E-state index is 4.54. The lowest BCUT2D eigenvalue weighted by molar-refractivity contribution is 1.13. The summed E-state index contributed by atoms with van der Waals surface area (Å²) in [7, 11) is 8.21. The van der Waals surface area contributed by atoms with E-state index in [4.69, 9.17) is 0 Å². The molecule has 27 heavy (non-hydrogen) atoms. The van der Waals surface area contributed by atoms with Crippen LogP contribution in [0.5, 0.6) is 0 Å². The fourth-order valence-corrected chi connectivity index (χ4v) is 3.71. The summed E-state index contributed by atoms with van der Waals surface area (Å²) < 4.78 is 9.03. The molecule has 0 amide bonds. The van der Waals surface area contributed by atoms with Gasteiger partial charge in [0.1, 0.15) is 11.0 Å². The smallest absolute Gasteiger partial charge is 0.112 e. The van der Waals surface area contributed by atoms with Gasteiger partial charge in [0, 0.05) is 45.1 Å². The first-order valence-electron chi connectivity index (χ1n) is 8.85. The first-order chi connectivity index (χ1) is 13.0. The van der Waals surface area contributed by atoms with Gasteiger partial charge in [-0.3, -0.25) is 0 Å². The van der Waals surface area contributed by atoms with Gasteiger partial charge in [-0.25, -0.2) is 0 Å². The van der Waals surface area contributed by atoms with E-state index >= 15 is 0 Å². The summed E-state index contributed by atoms with van der Waals surface area (Å²) >= 11 is 1.27. The Labute approximate surface area is 164 Å². The molecule has 0 aliphatic heterocycles. The zero-order valence-electron chi connectivity index (χ0n) is 16.0. The molecular weight excluding hydrogens is 352 g/mol. The normalized spacial score (nSPS) is 11.0. The minimum Gasteiger partial charge on any atom is -0.378 e. The summed E-state index contributed by atoms with van der Waals surface area (Å²) in [5.74, 6) is 0. The summed E-state index contributed by atoms with van der Waals surface area (Å²) in [6.45, 7) is 0. The average molecular weight is 375 g/mol. The molecule has 3 aromatic carbocycles. The first kappa shape index (κ1) is 17.5. The molecule has 0 N–H and O–H groups in total. The summed E-state index contributed by atoms with van der Waals surface area (Å²) in [6, 6.07) is 21.5. The molecule has 4 aromatic rings. The first-order valence-corrected chi connectivity index (χ1v) is 9.58. The maximum Gasteiger partial charge on any atom is 0.112 e. The van der Waals surface area contributed by atoms with Gasteiger partial charge in [0.05, 0.1) is 11.7 Å². The van der Waals surface area contributed by atoms with Gasteiger partial charge in [-0.2, -0.15) is 8.75 Å². The fourth-order valence-electron chi connectivity index (χ4n) is 3.17. The molecule has 0 aliphatic rings. The molecule has 4 rings (SSSR count). The molecule has 0 radical (unpaired) electrons. The summed E-state index contributed by atoms with van der Waals surface area (Å²) in [4.78, 5) is 4.21. The quantitative estimate of drug-likeness (QED) is 0.494. The molecule has 0 spiro atoms. The van der Waals surface area contributed by atoms with Crippen molar-refractivity contribution in [2.45, 2.75) is 0 Å². The standard InChI is InChI=1S/C22H22N4S/c1-25(2)18-9-5-15(6-10-18)17-13-20(22-21(14-17)23-27-24-22)16-7-11-19(12-8-16)26(3)4/h5-14H,1-4H3. The molecule has 0 unspecified atom stereocenters. The monoisotopic (exact) mass is 374 g/mol. The van der Waals surface area contributed by atoms with Crippen LogP contribution >= 0.6 is 11.7 Å². The van der Waals surface area contributed by atoms with Crippen LogP contribution < -0.4 is 9.80 Å². The number of fused-ring (bicyclic) bond motifs is 1. The van der Waals surface area contributed by atoms with Crippen molar-refractivity contribution < 1.29 is 0 Å². The van der Waals surface area contributed by atoms with Crippen LogP contribution in [-0.2, 0) is 0 Å². The zero-order chi connectivity index (χ0) is 19.0. The molecule has 0 bridgehead atoms. The van der Waals surface area contributed by atoms with E-state index in [-0.39, 0.29) is 0 Å². The minimum absolute atomic E-state index is 0.945. The van der Waals surface area contributed by atoms with Crippen LogP contribution in [0.25, 0.3) is 33.3 Å². The van der Waals surface area contributed by atoms with E-state index in [2.05, 4.69) is 107 Å². The van der Waals surface area contributed by atoms with Crippen molar-refractivity contribution in [1.29, 1.82) is 0 Å². The predicted octanol–water partition coefficient (Wildman–Crippen LogP) is 5.16. The predicted molar refractivity (Wildman–Crippen MR) is 117 cm³/mol. The SMILES string of the molecule is CN(C)c1ccc(-c2cc(-c3ccc(N(C)C)cc3)c3nsnc3c2)cc1. The number of hydrogen-bond donors (Lipinski definition) is 0. The van der Waals surface area contributed by atoms with Crippen molar-refractivity contribution >= 4 is 34.1 Å². The Balaban J connectivity index is 1.82. The highest BCUT2D eigenvalue weighted by Gasteiger charge is 2.12. The topological polar surface area (TPSA) is 32.3 Å². The summed E-state index contributed by atoms with van der Waals surface area (Å²) in [6.07, 6.45) is 0. The average Bonchev–Trinajstić information content (AvgIpc) is 3.16. The molecule has 0 aliphatic carbocycles. The molecule has 0 atom stereocenters. The molecule has 0 fully saturated rings. The Morgan fingerprint density at radius 3 is 1.74 bits per heavy atom. The van der Waals surface area contributed by atoms with Gasteiger partial charge >= 0.3 is 0 Å². The molecule has 0 saturated heterocycles. The number of benzene rings is 3. The van der Waals surface area contributed by atoms with Crippen LogP contribution in [0.15, 0.2) is 60.7 Å². The van der Waals surface area contributed by atoms with Crippen molar-refractivity contribution in [3.05, 3.63) is 60.7 Å². The van der Waals surface area contributed by atoms with Crippen molar-refractivity contribution in [3.8, 4) is 22.3 Å². The second-order valence-corrected chi connectivity index (χ2v) is 7.57. The minimum atomic E-state index is 0.945. The largest absolute Gasteiger partial charge is 0.378 e. The Morgan fingerprint density at radius 1 is 0.630 bits per heavy atom. The Kier molecular flexibility index (Phi) is 4.54. The second kappa shape index (κ2) is 7.00. The van der Waals surface area contributed by atoms with Gasteiger partial charge in [-0.15, -0.1) is 0 Å². The highest BCUT2D eigenvalue weighted by atomic mass is 32.1. The van der Waals surface area contributed by atoms with E-state index in [1.807, 2.05) is 0 Å². The molecule has 1 aromatic heterocycles. The van der Waals surface area contributed by atoms with Crippen LogP contribution in [0.2, 0.25) is 0 Å². The molecular formula is C22H22N4S. The zero-order valence-corrected chi connectivity index (χ0v) is 16.8. The second-order valence-electron chi connectivity index (χ2n) is 7.04. The third-order valence-corrected chi connectivity index (χ3v) is 5.32. The molecule has 1 heterocycles. The van der Waals surface area contributed by atoms with Crippen LogP contribution in [-0.4, -0.2) is 36.9 Å². The van der Waals surface area contributed by atoms with Gasteiger partial charge in [-0.1, -0.05) is 24.3 Å². The maximum absolute atomic E-state index is 4.54. The van der Waals surface area contributed by atoms with Crippen LogP contribution in [0, 0.1) is 0 Å². The van der Waals surface area contributed by atoms with Crippen molar-refractivity contribution in [3.63, 3.8) is 0 Å². The van der Waals surface area contributed by atoms with Gasteiger partial charge in [0.25, 0.3) is 0 Å². The number of rotatable bonds is 4. The third-order valence-electron chi connectivity index (χ3n) is 4.77. The van der Waals surface area contributed by atoms with E-state index in [0.29, 0.717) is 0 Å². The van der Waals surface area contributed by atoms with Gasteiger partial charge in [-0.05, 0) is 53.1 Å². The molecule has 0 saturated carbocycles. The van der Waals surface area contributed by atoms with Gasteiger partial charge in [0.2, 0.25) is 0 Å². The lowest BCUT2D eigenvalue weighted by Gasteiger charge is -2.14. The van der Waals surface area contributed by atoms with Gasteiger partial charge < -0.3 is 9.80 Å². The Morgan fingerprint density at radius 2 is 1.19 bits per heavy atom. The van der Waals surface area contributed by atoms with Crippen molar-refractivity contribution in [1.82, 2.24) is 8.75 Å². The summed E-state index contributed by atoms with van der Waals surface area (Å²) in [5, 5.41) is 0. The third kappa shape index (κ3) is 3.38. The van der Waals surface area contributed by atoms with Crippen molar-refractivity contribution in [2.75, 3.05) is 38.0 Å². The van der Waals surface area contributed by atoms with Crippen LogP contribution in [0.1, 0.15) is 0 Å². The van der Waals surface area contributed by atoms with E-state index in [1.165, 1.54) is 28.7 Å². The lowest BCUT2D eigenvalue weighted by atomic mass is 9.97.